The summed E-state index contributed by atoms with van der Waals surface area (Å²) < 4.78 is 31.9. The summed E-state index contributed by atoms with van der Waals surface area (Å²) in [5, 5.41) is 0. The zero-order chi connectivity index (χ0) is 17.2. The SMILES string of the molecule is CCCCC(CC)(C(=O)OC)C(=O)OP(=O)(OCC)OCC. The average Bonchev–Trinajstić information content (AvgIpc) is 2.48. The molecule has 0 N–H and O–H groups in total. The number of carbonyl (C=O) groups is 2. The highest BCUT2D eigenvalue weighted by molar-refractivity contribution is 7.49. The van der Waals surface area contributed by atoms with Crippen LogP contribution in [0.1, 0.15) is 53.4 Å². The van der Waals surface area contributed by atoms with Crippen LogP contribution in [0.4, 0.5) is 0 Å². The van der Waals surface area contributed by atoms with Crippen LogP contribution < -0.4 is 0 Å². The van der Waals surface area contributed by atoms with Gasteiger partial charge in [-0.2, -0.15) is 0 Å². The fourth-order valence-electron chi connectivity index (χ4n) is 2.02. The van der Waals surface area contributed by atoms with Crippen LogP contribution in [0, 0.1) is 5.41 Å². The second-order valence-electron chi connectivity index (χ2n) is 4.69. The largest absolute Gasteiger partial charge is 0.532 e. The molecule has 0 saturated carbocycles. The maximum atomic E-state index is 12.5. The normalized spacial score (nSPS) is 14.2. The molecule has 1 atom stereocenters. The van der Waals surface area contributed by atoms with Crippen LogP contribution in [-0.4, -0.2) is 32.3 Å². The molecule has 1 unspecified atom stereocenters. The van der Waals surface area contributed by atoms with Crippen molar-refractivity contribution in [1.82, 2.24) is 0 Å². The van der Waals surface area contributed by atoms with Crippen molar-refractivity contribution in [3.8, 4) is 0 Å². The summed E-state index contributed by atoms with van der Waals surface area (Å²) >= 11 is 0. The number of hydrogen-bond acceptors (Lipinski definition) is 7. The molecule has 0 aliphatic carbocycles. The Balaban J connectivity index is 5.41. The lowest BCUT2D eigenvalue weighted by Crippen LogP contribution is -2.41. The van der Waals surface area contributed by atoms with E-state index in [0.717, 1.165) is 6.42 Å². The van der Waals surface area contributed by atoms with Crippen LogP contribution in [0.3, 0.4) is 0 Å². The van der Waals surface area contributed by atoms with E-state index >= 15 is 0 Å². The molecule has 0 radical (unpaired) electrons. The maximum Gasteiger partial charge on any atom is 0.532 e. The minimum Gasteiger partial charge on any atom is -0.468 e. The predicted octanol–water partition coefficient (Wildman–Crippen LogP) is 3.47. The van der Waals surface area contributed by atoms with Crippen molar-refractivity contribution in [1.29, 1.82) is 0 Å². The number of rotatable bonds is 11. The first-order valence-electron chi connectivity index (χ1n) is 7.57. The maximum absolute atomic E-state index is 12.5. The van der Waals surface area contributed by atoms with Crippen LogP contribution in [0.2, 0.25) is 0 Å². The Morgan fingerprint density at radius 2 is 1.55 bits per heavy atom. The van der Waals surface area contributed by atoms with E-state index in [-0.39, 0.29) is 26.1 Å². The number of ether oxygens (including phenoxy) is 1. The summed E-state index contributed by atoms with van der Waals surface area (Å²) in [6.45, 7) is 6.93. The number of hydrogen-bond donors (Lipinski definition) is 0. The van der Waals surface area contributed by atoms with Gasteiger partial charge in [0.25, 0.3) is 0 Å². The third kappa shape index (κ3) is 5.38. The molecule has 130 valence electrons. The van der Waals surface area contributed by atoms with E-state index in [9.17, 15) is 14.2 Å². The highest BCUT2D eigenvalue weighted by Gasteiger charge is 2.49. The van der Waals surface area contributed by atoms with Crippen molar-refractivity contribution in [3.63, 3.8) is 0 Å². The lowest BCUT2D eigenvalue weighted by molar-refractivity contribution is -0.167. The number of methoxy groups -OCH3 is 1. The van der Waals surface area contributed by atoms with Crippen molar-refractivity contribution in [2.24, 2.45) is 5.41 Å². The van der Waals surface area contributed by atoms with Crippen LogP contribution in [-0.2, 0) is 32.5 Å². The van der Waals surface area contributed by atoms with E-state index in [1.807, 2.05) is 6.92 Å². The molecule has 8 heteroatoms. The predicted molar refractivity (Wildman–Crippen MR) is 81.2 cm³/mol. The summed E-state index contributed by atoms with van der Waals surface area (Å²) in [5.41, 5.74) is -1.49. The van der Waals surface area contributed by atoms with E-state index in [1.54, 1.807) is 20.8 Å². The number of carbonyl (C=O) groups excluding carboxylic acids is 2. The van der Waals surface area contributed by atoms with E-state index in [4.69, 9.17) is 18.3 Å². The molecule has 0 aromatic heterocycles. The number of phosphoric acid groups is 1. The number of phosphoric ester groups is 1. The molecule has 0 spiro atoms. The van der Waals surface area contributed by atoms with E-state index < -0.39 is 25.2 Å². The smallest absolute Gasteiger partial charge is 0.468 e. The first-order valence-corrected chi connectivity index (χ1v) is 9.03. The Bertz CT molecular complexity index is 400. The van der Waals surface area contributed by atoms with Crippen molar-refractivity contribution in [2.45, 2.75) is 53.4 Å². The molecule has 0 aromatic carbocycles. The Labute approximate surface area is 132 Å². The molecule has 0 saturated heterocycles. The molecule has 0 aromatic rings. The minimum absolute atomic E-state index is 0.0524. The Morgan fingerprint density at radius 1 is 1.00 bits per heavy atom. The molecule has 0 aliphatic heterocycles. The van der Waals surface area contributed by atoms with Gasteiger partial charge in [-0.3, -0.25) is 18.6 Å². The molecule has 0 amide bonds. The molecule has 7 nitrogen and oxygen atoms in total. The molecule has 0 aliphatic rings. The lowest BCUT2D eigenvalue weighted by atomic mass is 9.80. The standard InChI is InChI=1S/C14H27O7P/c1-6-10-11-14(7-2,12(15)18-5)13(16)21-22(17,19-8-3)20-9-4/h6-11H2,1-5H3. The molecule has 0 bridgehead atoms. The van der Waals surface area contributed by atoms with Crippen molar-refractivity contribution < 1.29 is 32.5 Å². The monoisotopic (exact) mass is 338 g/mol. The summed E-state index contributed by atoms with van der Waals surface area (Å²) in [6.07, 6.45) is 1.85. The van der Waals surface area contributed by atoms with Crippen LogP contribution in [0.15, 0.2) is 0 Å². The topological polar surface area (TPSA) is 88.1 Å². The third-order valence-corrected chi connectivity index (χ3v) is 4.83. The van der Waals surface area contributed by atoms with Gasteiger partial charge in [0.15, 0.2) is 5.41 Å². The fraction of sp³-hybridized carbons (Fsp3) is 0.857. The highest BCUT2D eigenvalue weighted by atomic mass is 31.2. The van der Waals surface area contributed by atoms with E-state index in [2.05, 4.69) is 0 Å². The van der Waals surface area contributed by atoms with Crippen LogP contribution >= 0.6 is 7.82 Å². The number of unbranched alkanes of at least 4 members (excludes halogenated alkanes) is 1. The summed E-state index contributed by atoms with van der Waals surface area (Å²) in [7, 11) is -2.82. The van der Waals surface area contributed by atoms with Gasteiger partial charge in [-0.25, -0.2) is 4.57 Å². The van der Waals surface area contributed by atoms with Crippen molar-refractivity contribution >= 4 is 19.8 Å². The zero-order valence-electron chi connectivity index (χ0n) is 14.0. The van der Waals surface area contributed by atoms with Gasteiger partial charge < -0.3 is 9.26 Å². The molecule has 22 heavy (non-hydrogen) atoms. The second-order valence-corrected chi connectivity index (χ2v) is 6.29. The first-order chi connectivity index (χ1) is 10.4. The Kier molecular flexibility index (Phi) is 9.56. The van der Waals surface area contributed by atoms with Crippen LogP contribution in [0.5, 0.6) is 0 Å². The van der Waals surface area contributed by atoms with Gasteiger partial charge >= 0.3 is 19.8 Å². The van der Waals surface area contributed by atoms with Crippen molar-refractivity contribution in [2.75, 3.05) is 20.3 Å². The van der Waals surface area contributed by atoms with E-state index in [1.165, 1.54) is 7.11 Å². The minimum atomic E-state index is -4.02. The van der Waals surface area contributed by atoms with Gasteiger partial charge in [-0.15, -0.1) is 0 Å². The van der Waals surface area contributed by atoms with Gasteiger partial charge in [0.1, 0.15) is 0 Å². The third-order valence-electron chi connectivity index (χ3n) is 3.30. The van der Waals surface area contributed by atoms with Crippen molar-refractivity contribution in [3.05, 3.63) is 0 Å². The van der Waals surface area contributed by atoms with Crippen LogP contribution in [0.25, 0.3) is 0 Å². The average molecular weight is 338 g/mol. The second kappa shape index (κ2) is 9.98. The zero-order valence-corrected chi connectivity index (χ0v) is 14.9. The highest BCUT2D eigenvalue weighted by Crippen LogP contribution is 2.51. The van der Waals surface area contributed by atoms with Gasteiger partial charge in [0, 0.05) is 0 Å². The molecular weight excluding hydrogens is 311 g/mol. The molecule has 0 fully saturated rings. The van der Waals surface area contributed by atoms with E-state index in [0.29, 0.717) is 6.42 Å². The molecular formula is C14H27O7P. The molecule has 0 rings (SSSR count). The Hall–Kier alpha value is -0.910. The number of esters is 1. The fourth-order valence-corrected chi connectivity index (χ4v) is 3.21. The molecule has 0 heterocycles. The first kappa shape index (κ1) is 21.1. The van der Waals surface area contributed by atoms with Gasteiger partial charge in [-0.1, -0.05) is 26.7 Å². The quantitative estimate of drug-likeness (QED) is 0.324. The summed E-state index contributed by atoms with van der Waals surface area (Å²) in [6, 6.07) is 0. The van der Waals surface area contributed by atoms with Gasteiger partial charge in [0.05, 0.1) is 20.3 Å². The van der Waals surface area contributed by atoms with Gasteiger partial charge in [0.2, 0.25) is 0 Å². The lowest BCUT2D eigenvalue weighted by Gasteiger charge is -2.28. The Morgan fingerprint density at radius 3 is 1.91 bits per heavy atom. The van der Waals surface area contributed by atoms with Gasteiger partial charge in [-0.05, 0) is 26.7 Å². The summed E-state index contributed by atoms with van der Waals surface area (Å²) in [5.74, 6) is -1.63. The summed E-state index contributed by atoms with van der Waals surface area (Å²) in [4.78, 5) is 24.6.